The van der Waals surface area contributed by atoms with Gasteiger partial charge in [0, 0.05) is 32.5 Å². The summed E-state index contributed by atoms with van der Waals surface area (Å²) >= 11 is 0. The van der Waals surface area contributed by atoms with E-state index >= 15 is 0 Å². The van der Waals surface area contributed by atoms with Crippen molar-refractivity contribution in [1.29, 1.82) is 0 Å². The second-order valence-corrected chi connectivity index (χ2v) is 3.41. The number of aliphatic imine (C=N–C) groups is 1. The fourth-order valence-electron chi connectivity index (χ4n) is 1.34. The fraction of sp³-hybridized carbons (Fsp3) is 0.600. The van der Waals surface area contributed by atoms with Crippen LogP contribution in [0, 0.1) is 6.92 Å². The Morgan fingerprint density at radius 2 is 2.40 bits per heavy atom. The zero-order chi connectivity index (χ0) is 11.1. The lowest BCUT2D eigenvalue weighted by atomic mass is 10.3. The van der Waals surface area contributed by atoms with Crippen LogP contribution in [-0.2, 0) is 6.54 Å². The number of nitrogens with zero attached hydrogens (tertiary/aromatic N) is 3. The van der Waals surface area contributed by atoms with E-state index in [9.17, 15) is 0 Å². The Balaban J connectivity index is 2.10. The number of rotatable bonds is 5. The van der Waals surface area contributed by atoms with E-state index in [0.717, 1.165) is 31.8 Å². The quantitative estimate of drug-likeness (QED) is 0.421. The summed E-state index contributed by atoms with van der Waals surface area (Å²) < 4.78 is 2.15. The molecule has 1 rings (SSSR count). The molecule has 1 aromatic rings. The van der Waals surface area contributed by atoms with Gasteiger partial charge in [0.25, 0.3) is 0 Å². The maximum absolute atomic E-state index is 5.50. The summed E-state index contributed by atoms with van der Waals surface area (Å²) in [7, 11) is 1.68. The highest BCUT2D eigenvalue weighted by Crippen LogP contribution is 1.98. The number of unbranched alkanes of at least 4 members (excludes halogenated alkanes) is 1. The molecule has 0 amide bonds. The number of nitrogens with two attached hydrogens (primary N) is 1. The third kappa shape index (κ3) is 4.01. The van der Waals surface area contributed by atoms with Gasteiger partial charge in [-0.25, -0.2) is 4.98 Å². The first-order valence-corrected chi connectivity index (χ1v) is 5.18. The second kappa shape index (κ2) is 6.06. The summed E-state index contributed by atoms with van der Waals surface area (Å²) in [6, 6.07) is 0. The lowest BCUT2D eigenvalue weighted by molar-refractivity contribution is 0.590. The van der Waals surface area contributed by atoms with Gasteiger partial charge in [-0.3, -0.25) is 4.99 Å². The molecule has 0 aromatic carbocycles. The van der Waals surface area contributed by atoms with Gasteiger partial charge in [0.2, 0.25) is 0 Å². The Bertz CT molecular complexity index is 315. The molecule has 15 heavy (non-hydrogen) atoms. The summed E-state index contributed by atoms with van der Waals surface area (Å²) in [5, 5.41) is 3.03. The maximum Gasteiger partial charge on any atom is 0.188 e. The molecule has 5 nitrogen and oxygen atoms in total. The van der Waals surface area contributed by atoms with Crippen LogP contribution in [0.25, 0.3) is 0 Å². The average molecular weight is 209 g/mol. The van der Waals surface area contributed by atoms with Gasteiger partial charge in [0.05, 0.1) is 0 Å². The molecule has 0 bridgehead atoms. The van der Waals surface area contributed by atoms with Crippen molar-refractivity contribution in [1.82, 2.24) is 14.9 Å². The predicted octanol–water partition coefficient (Wildman–Crippen LogP) is 0.506. The summed E-state index contributed by atoms with van der Waals surface area (Å²) in [6.45, 7) is 3.90. The van der Waals surface area contributed by atoms with Crippen molar-refractivity contribution in [2.75, 3.05) is 13.6 Å². The van der Waals surface area contributed by atoms with Gasteiger partial charge < -0.3 is 15.6 Å². The molecule has 0 saturated heterocycles. The Kier molecular flexibility index (Phi) is 4.66. The number of aromatic nitrogens is 2. The molecule has 3 N–H and O–H groups in total. The Morgan fingerprint density at radius 3 is 3.00 bits per heavy atom. The number of hydrogen-bond acceptors (Lipinski definition) is 2. The van der Waals surface area contributed by atoms with Crippen LogP contribution in [0.5, 0.6) is 0 Å². The largest absolute Gasteiger partial charge is 0.370 e. The van der Waals surface area contributed by atoms with Crippen molar-refractivity contribution in [3.63, 3.8) is 0 Å². The summed E-state index contributed by atoms with van der Waals surface area (Å²) in [5.41, 5.74) is 5.50. The summed E-state index contributed by atoms with van der Waals surface area (Å²) in [6.07, 6.45) is 6.02. The smallest absolute Gasteiger partial charge is 0.188 e. The number of hydrogen-bond donors (Lipinski definition) is 2. The minimum atomic E-state index is 0.508. The molecule has 0 atom stereocenters. The Hall–Kier alpha value is -1.52. The fourth-order valence-corrected chi connectivity index (χ4v) is 1.34. The molecule has 0 unspecified atom stereocenters. The second-order valence-electron chi connectivity index (χ2n) is 3.41. The minimum Gasteiger partial charge on any atom is -0.370 e. The van der Waals surface area contributed by atoms with Crippen molar-refractivity contribution in [2.45, 2.75) is 26.3 Å². The third-order valence-electron chi connectivity index (χ3n) is 2.30. The summed E-state index contributed by atoms with van der Waals surface area (Å²) in [4.78, 5) is 7.98. The van der Waals surface area contributed by atoms with Crippen LogP contribution in [0.3, 0.4) is 0 Å². The molecule has 1 aromatic heterocycles. The van der Waals surface area contributed by atoms with Crippen molar-refractivity contribution in [2.24, 2.45) is 10.7 Å². The number of imidazole rings is 1. The number of nitrogens with one attached hydrogen (secondary N) is 1. The van der Waals surface area contributed by atoms with Crippen molar-refractivity contribution < 1.29 is 0 Å². The van der Waals surface area contributed by atoms with Crippen LogP contribution in [0.1, 0.15) is 18.7 Å². The molecule has 0 fully saturated rings. The van der Waals surface area contributed by atoms with Crippen LogP contribution < -0.4 is 11.1 Å². The van der Waals surface area contributed by atoms with E-state index in [2.05, 4.69) is 19.9 Å². The van der Waals surface area contributed by atoms with Crippen molar-refractivity contribution in [3.05, 3.63) is 18.2 Å². The van der Waals surface area contributed by atoms with Gasteiger partial charge in [0.1, 0.15) is 5.82 Å². The van der Waals surface area contributed by atoms with Crippen LogP contribution in [0.4, 0.5) is 0 Å². The van der Waals surface area contributed by atoms with Gasteiger partial charge in [-0.05, 0) is 19.8 Å². The highest BCUT2D eigenvalue weighted by molar-refractivity contribution is 5.77. The van der Waals surface area contributed by atoms with E-state index in [1.54, 1.807) is 7.05 Å². The normalized spacial score (nSPS) is 11.7. The van der Waals surface area contributed by atoms with Gasteiger partial charge in [0.15, 0.2) is 5.96 Å². The Morgan fingerprint density at radius 1 is 1.60 bits per heavy atom. The van der Waals surface area contributed by atoms with E-state index in [1.165, 1.54) is 0 Å². The standard InChI is InChI=1S/C10H19N5/c1-9-13-6-8-15(9)7-4-3-5-14-10(11)12-2/h6,8H,3-5,7H2,1-2H3,(H3,11,12,14). The molecule has 0 aliphatic rings. The zero-order valence-corrected chi connectivity index (χ0v) is 9.40. The molecule has 0 radical (unpaired) electrons. The van der Waals surface area contributed by atoms with Gasteiger partial charge in [-0.2, -0.15) is 0 Å². The van der Waals surface area contributed by atoms with Crippen LogP contribution in [0.2, 0.25) is 0 Å². The molecule has 1 heterocycles. The molecule has 84 valence electrons. The Labute approximate surface area is 90.4 Å². The van der Waals surface area contributed by atoms with Gasteiger partial charge >= 0.3 is 0 Å². The highest BCUT2D eigenvalue weighted by atomic mass is 15.1. The molecule has 5 heteroatoms. The molecule has 0 aliphatic carbocycles. The highest BCUT2D eigenvalue weighted by Gasteiger charge is 1.96. The number of aryl methyl sites for hydroxylation is 2. The number of guanidine groups is 1. The van der Waals surface area contributed by atoms with Gasteiger partial charge in [-0.1, -0.05) is 0 Å². The average Bonchev–Trinajstić information content (AvgIpc) is 2.63. The first-order valence-electron chi connectivity index (χ1n) is 5.18. The first kappa shape index (κ1) is 11.6. The lowest BCUT2D eigenvalue weighted by Gasteiger charge is -2.06. The van der Waals surface area contributed by atoms with E-state index in [4.69, 9.17) is 5.73 Å². The summed E-state index contributed by atoms with van der Waals surface area (Å²) in [5.74, 6) is 1.58. The van der Waals surface area contributed by atoms with Crippen LogP contribution in [-0.4, -0.2) is 29.1 Å². The maximum atomic E-state index is 5.50. The SMILES string of the molecule is CN=C(N)NCCCCn1ccnc1C. The van der Waals surface area contributed by atoms with Crippen LogP contribution >= 0.6 is 0 Å². The monoisotopic (exact) mass is 209 g/mol. The van der Waals surface area contributed by atoms with Crippen LogP contribution in [0.15, 0.2) is 17.4 Å². The molecular formula is C10H19N5. The molecular weight excluding hydrogens is 190 g/mol. The zero-order valence-electron chi connectivity index (χ0n) is 9.40. The van der Waals surface area contributed by atoms with Crippen molar-refractivity contribution >= 4 is 5.96 Å². The first-order chi connectivity index (χ1) is 7.24. The van der Waals surface area contributed by atoms with E-state index in [0.29, 0.717) is 5.96 Å². The van der Waals surface area contributed by atoms with E-state index in [-0.39, 0.29) is 0 Å². The topological polar surface area (TPSA) is 68.2 Å². The van der Waals surface area contributed by atoms with E-state index < -0.39 is 0 Å². The molecule has 0 spiro atoms. The lowest BCUT2D eigenvalue weighted by Crippen LogP contribution is -2.32. The minimum absolute atomic E-state index is 0.508. The van der Waals surface area contributed by atoms with Gasteiger partial charge in [-0.15, -0.1) is 0 Å². The van der Waals surface area contributed by atoms with E-state index in [1.807, 2.05) is 19.3 Å². The predicted molar refractivity (Wildman–Crippen MR) is 61.7 cm³/mol. The van der Waals surface area contributed by atoms with Crippen molar-refractivity contribution in [3.8, 4) is 0 Å². The third-order valence-corrected chi connectivity index (χ3v) is 2.30. The molecule has 0 saturated carbocycles. The molecule has 0 aliphatic heterocycles.